The van der Waals surface area contributed by atoms with Gasteiger partial charge in [0.15, 0.2) is 5.82 Å². The Morgan fingerprint density at radius 2 is 2.02 bits per heavy atom. The van der Waals surface area contributed by atoms with Crippen molar-refractivity contribution in [1.82, 2.24) is 19.9 Å². The topological polar surface area (TPSA) is 122 Å². The van der Waals surface area contributed by atoms with E-state index in [1.54, 1.807) is 18.7 Å². The van der Waals surface area contributed by atoms with E-state index in [4.69, 9.17) is 36.6 Å². The summed E-state index contributed by atoms with van der Waals surface area (Å²) in [6.45, 7) is -0.980. The lowest BCUT2D eigenvalue weighted by atomic mass is 9.91. The first-order chi connectivity index (χ1) is 24.1. The molecule has 0 radical (unpaired) electrons. The lowest BCUT2D eigenvalue weighted by Crippen LogP contribution is -2.29. The number of methoxy groups -OCH3 is 1. The van der Waals surface area contributed by atoms with Crippen LogP contribution in [-0.2, 0) is 10.2 Å². The Kier molecular flexibility index (Phi) is 5.07. The predicted molar refractivity (Wildman–Crippen MR) is 164 cm³/mol. The number of fused-ring (bicyclic) bond motifs is 1. The molecule has 0 saturated carbocycles. The second-order valence-electron chi connectivity index (χ2n) is 10.6. The molecule has 0 fully saturated rings. The number of rotatable bonds is 10. The number of nitrogens with two attached hydrogens (primary N) is 1. The van der Waals surface area contributed by atoms with Crippen LogP contribution in [0.15, 0.2) is 30.5 Å². The summed E-state index contributed by atoms with van der Waals surface area (Å²) in [5, 5.41) is 2.87. The van der Waals surface area contributed by atoms with Crippen molar-refractivity contribution in [2.24, 2.45) is 0 Å². The van der Waals surface area contributed by atoms with Crippen LogP contribution >= 0.6 is 0 Å². The normalized spacial score (nSPS) is 19.4. The van der Waals surface area contributed by atoms with Gasteiger partial charge in [-0.2, -0.15) is 4.98 Å². The number of likely N-dealkylation sites (N-methyl/N-ethyl adjacent to an activating group) is 2. The largest absolute Gasteiger partial charge is 0.494 e. The molecule has 220 valence electrons. The third kappa shape index (κ3) is 6.45. The van der Waals surface area contributed by atoms with Gasteiger partial charge in [-0.1, -0.05) is 13.8 Å². The molecule has 11 heteroatoms. The number of hydrogen-bond donors (Lipinski definition) is 2. The van der Waals surface area contributed by atoms with Crippen LogP contribution in [0.1, 0.15) is 65.9 Å². The number of nitrogens with zero attached hydrogens (tertiary/aromatic N) is 6. The Balaban J connectivity index is 1.82. The summed E-state index contributed by atoms with van der Waals surface area (Å²) in [5.74, 6) is -1.08. The highest BCUT2D eigenvalue weighted by atomic mass is 16.5. The summed E-state index contributed by atoms with van der Waals surface area (Å²) in [4.78, 5) is 29.6. The number of aryl methyl sites for hydroxylation is 1. The van der Waals surface area contributed by atoms with Gasteiger partial charge in [0.05, 0.1) is 45.7 Å². The minimum absolute atomic E-state index is 0.0405. The number of pyridine rings is 1. The average Bonchev–Trinajstić information content (AvgIpc) is 3.23. The zero-order valence-electron chi connectivity index (χ0n) is 35.6. The maximum Gasteiger partial charge on any atom is 0.343 e. The fraction of sp³-hybridized carbons (Fsp3) is 0.467. The Labute approximate surface area is 259 Å². The third-order valence-corrected chi connectivity index (χ3v) is 6.41. The third-order valence-electron chi connectivity index (χ3n) is 6.41. The maximum absolute atomic E-state index is 13.3. The van der Waals surface area contributed by atoms with E-state index in [0.717, 1.165) is 17.5 Å². The molecule has 0 atom stereocenters. The van der Waals surface area contributed by atoms with Gasteiger partial charge in [0, 0.05) is 62.3 Å². The highest BCUT2D eigenvalue weighted by molar-refractivity contribution is 5.96. The monoisotopic (exact) mass is 574 g/mol. The van der Waals surface area contributed by atoms with E-state index in [9.17, 15) is 4.79 Å². The Hall–Kier alpha value is -4.12. The molecule has 41 heavy (non-hydrogen) atoms. The highest BCUT2D eigenvalue weighted by Crippen LogP contribution is 2.44. The number of aromatic nitrogens is 3. The van der Waals surface area contributed by atoms with E-state index in [2.05, 4.69) is 15.3 Å². The van der Waals surface area contributed by atoms with Crippen molar-refractivity contribution in [2.75, 3.05) is 68.4 Å². The number of carbonyl (C=O) groups excluding carboxylic acids is 1. The number of esters is 1. The molecule has 0 saturated heterocycles. The number of ether oxygens (including phenoxy) is 2. The lowest BCUT2D eigenvalue weighted by molar-refractivity contribution is 0.0378. The van der Waals surface area contributed by atoms with Crippen LogP contribution in [0.2, 0.25) is 0 Å². The van der Waals surface area contributed by atoms with Gasteiger partial charge >= 0.3 is 5.97 Å². The van der Waals surface area contributed by atoms with Crippen molar-refractivity contribution >= 4 is 40.5 Å². The van der Waals surface area contributed by atoms with Gasteiger partial charge < -0.3 is 35.2 Å². The summed E-state index contributed by atoms with van der Waals surface area (Å²) in [5.41, 5.74) is 7.57. The van der Waals surface area contributed by atoms with Gasteiger partial charge in [0.1, 0.15) is 11.3 Å². The summed E-state index contributed by atoms with van der Waals surface area (Å²) >= 11 is 0. The smallest absolute Gasteiger partial charge is 0.343 e. The second-order valence-corrected chi connectivity index (χ2v) is 10.6. The van der Waals surface area contributed by atoms with Crippen LogP contribution in [-0.4, -0.2) is 79.5 Å². The maximum atomic E-state index is 13.3. The Morgan fingerprint density at radius 1 is 1.22 bits per heavy atom. The van der Waals surface area contributed by atoms with E-state index >= 15 is 0 Å². The van der Waals surface area contributed by atoms with Crippen LogP contribution in [0.25, 0.3) is 0 Å². The zero-order valence-corrected chi connectivity index (χ0v) is 23.6. The molecule has 1 aliphatic rings. The number of hydrogen-bond acceptors (Lipinski definition) is 11. The molecule has 0 amide bonds. The molecule has 11 nitrogen and oxygen atoms in total. The fourth-order valence-electron chi connectivity index (χ4n) is 4.51. The molecular formula is C30H42N8O3. The summed E-state index contributed by atoms with van der Waals surface area (Å²) in [7, 11) is -3.06. The van der Waals surface area contributed by atoms with Crippen molar-refractivity contribution in [3.63, 3.8) is 0 Å². The van der Waals surface area contributed by atoms with Crippen LogP contribution in [0, 0.1) is 6.92 Å². The zero-order chi connectivity index (χ0) is 40.1. The molecular weight excluding hydrogens is 520 g/mol. The van der Waals surface area contributed by atoms with E-state index in [-0.39, 0.29) is 39.3 Å². The minimum Gasteiger partial charge on any atom is -0.494 e. The van der Waals surface area contributed by atoms with Gasteiger partial charge in [-0.05, 0) is 52.9 Å². The Bertz CT molecular complexity index is 1810. The van der Waals surface area contributed by atoms with E-state index < -0.39 is 64.3 Å². The molecule has 4 rings (SSSR count). The fourth-order valence-corrected chi connectivity index (χ4v) is 4.51. The molecule has 1 aliphatic heterocycles. The van der Waals surface area contributed by atoms with Gasteiger partial charge in [-0.25, -0.2) is 9.78 Å². The van der Waals surface area contributed by atoms with Crippen molar-refractivity contribution in [1.29, 1.82) is 0 Å². The van der Waals surface area contributed by atoms with Crippen molar-refractivity contribution in [3.05, 3.63) is 47.4 Å². The van der Waals surface area contributed by atoms with Gasteiger partial charge in [0.2, 0.25) is 5.95 Å². The summed E-state index contributed by atoms with van der Waals surface area (Å²) in [6.07, 6.45) is 0.794. The number of nitrogens with one attached hydrogen (secondary N) is 1. The molecule has 3 N–H and O–H groups in total. The SMILES string of the molecule is [2H]C([2H])([2H])Oc1cc(N(CCN(C([2H])([2H])[2H])C([2H])([2H])[2H])C([2H])([2H])[2H])c(N)cc1Nc1ncc(C(=O)OC(C)C)c(N2CC(C)(C)c3nc(C)ccc32)n1. The van der Waals surface area contributed by atoms with Crippen LogP contribution < -0.4 is 25.6 Å². The summed E-state index contributed by atoms with van der Waals surface area (Å²) in [6, 6.07) is 5.89. The highest BCUT2D eigenvalue weighted by Gasteiger charge is 2.39. The van der Waals surface area contributed by atoms with Crippen molar-refractivity contribution in [3.8, 4) is 5.75 Å². The first kappa shape index (κ1) is 17.6. The first-order valence-electron chi connectivity index (χ1n) is 18.9. The standard InChI is InChI=1S/C30H42N8O3/c1-18(2)41-28(39)20-16-32-29(35-27(20)38-17-30(4,5)26-23(38)11-10-19(3)33-26)34-22-14-21(31)24(15-25(22)40-9)37(8)13-12-36(6)7/h10-11,14-16,18H,12-13,17,31H2,1-9H3,(H,32,34,35)/i6D3,7D3,8D3,9D3. The molecule has 0 aliphatic carbocycles. The predicted octanol–water partition coefficient (Wildman–Crippen LogP) is 4.51. The number of nitrogen functional groups attached to an aromatic ring is 1. The van der Waals surface area contributed by atoms with E-state index in [1.165, 1.54) is 12.3 Å². The van der Waals surface area contributed by atoms with Crippen LogP contribution in [0.4, 0.5) is 34.5 Å². The molecule has 3 heterocycles. The quantitative estimate of drug-likeness (QED) is 0.263. The second kappa shape index (κ2) is 11.8. The molecule has 0 unspecified atom stereocenters. The first-order valence-corrected chi connectivity index (χ1v) is 12.9. The van der Waals surface area contributed by atoms with E-state index in [1.807, 2.05) is 32.9 Å². The van der Waals surface area contributed by atoms with E-state index in [0.29, 0.717) is 17.1 Å². The molecule has 0 bridgehead atoms. The summed E-state index contributed by atoms with van der Waals surface area (Å²) < 4.78 is 104. The molecule has 3 aromatic rings. The average molecular weight is 575 g/mol. The van der Waals surface area contributed by atoms with Crippen molar-refractivity contribution in [2.45, 2.75) is 46.1 Å². The number of carbonyl (C=O) groups is 1. The Morgan fingerprint density at radius 3 is 2.73 bits per heavy atom. The molecule has 0 spiro atoms. The van der Waals surface area contributed by atoms with Gasteiger partial charge in [-0.15, -0.1) is 0 Å². The minimum atomic E-state index is -3.09. The van der Waals surface area contributed by atoms with Crippen LogP contribution in [0.5, 0.6) is 5.75 Å². The van der Waals surface area contributed by atoms with Gasteiger partial charge in [0.25, 0.3) is 0 Å². The number of benzene rings is 1. The van der Waals surface area contributed by atoms with Gasteiger partial charge in [-0.3, -0.25) is 4.98 Å². The molecule has 1 aromatic carbocycles. The van der Waals surface area contributed by atoms with Crippen LogP contribution in [0.3, 0.4) is 0 Å². The van der Waals surface area contributed by atoms with Crippen molar-refractivity contribution < 1.29 is 30.7 Å². The molecule has 2 aromatic heterocycles. The number of anilines is 6. The lowest BCUT2D eigenvalue weighted by Gasteiger charge is -2.25.